The molecule has 1 amide bonds. The van der Waals surface area contributed by atoms with Gasteiger partial charge in [0.05, 0.1) is 18.1 Å². The van der Waals surface area contributed by atoms with Crippen LogP contribution in [-0.2, 0) is 23.6 Å². The SMILES string of the molecule is CCOP(=O)(OCC)[C@H](NC(=O)c1cccc(S(=O)(=O)Nc2ccc(SC(F)F)cc2)c1)c1ccccc1. The highest BCUT2D eigenvalue weighted by molar-refractivity contribution is 7.99. The molecule has 0 bridgehead atoms. The highest BCUT2D eigenvalue weighted by atomic mass is 32.2. The van der Waals surface area contributed by atoms with Crippen LogP contribution in [0.15, 0.2) is 88.7 Å². The number of hydrogen-bond acceptors (Lipinski definition) is 7. The standard InChI is InChI=1S/C25H27F2N2O6PS2/c1-3-34-36(31,35-4-2)24(18-9-6-5-7-10-18)28-23(30)19-11-8-12-22(17-19)38(32,33)29-20-13-15-21(16-14-20)37-25(26)27/h5-17,24-25,29H,3-4H2,1-2H3,(H,28,30)/t24-/m0/s1. The third kappa shape index (κ3) is 7.87. The average molecular weight is 585 g/mol. The summed E-state index contributed by atoms with van der Waals surface area (Å²) in [6, 6.07) is 19.3. The Morgan fingerprint density at radius 1 is 0.947 bits per heavy atom. The van der Waals surface area contributed by atoms with E-state index in [2.05, 4.69) is 10.0 Å². The maximum Gasteiger partial charge on any atom is 0.357 e. The maximum atomic E-state index is 13.6. The zero-order chi connectivity index (χ0) is 27.8. The Hall–Kier alpha value is -2.76. The molecule has 0 heterocycles. The average Bonchev–Trinajstić information content (AvgIpc) is 2.88. The second-order valence-corrected chi connectivity index (χ2v) is 12.6. The van der Waals surface area contributed by atoms with E-state index in [1.807, 2.05) is 0 Å². The summed E-state index contributed by atoms with van der Waals surface area (Å²) in [6.07, 6.45) is 0. The second kappa shape index (κ2) is 13.3. The van der Waals surface area contributed by atoms with Crippen molar-refractivity contribution in [2.75, 3.05) is 17.9 Å². The van der Waals surface area contributed by atoms with E-state index in [0.717, 1.165) is 0 Å². The number of thioether (sulfide) groups is 1. The molecule has 1 atom stereocenters. The molecule has 0 aliphatic heterocycles. The molecule has 3 rings (SSSR count). The van der Waals surface area contributed by atoms with Gasteiger partial charge in [0.25, 0.3) is 21.7 Å². The first-order valence-corrected chi connectivity index (χ1v) is 15.5. The van der Waals surface area contributed by atoms with Gasteiger partial charge >= 0.3 is 7.60 Å². The van der Waals surface area contributed by atoms with E-state index in [4.69, 9.17) is 9.05 Å². The number of sulfonamides is 1. The van der Waals surface area contributed by atoms with Crippen molar-refractivity contribution < 1.29 is 35.6 Å². The minimum Gasteiger partial charge on any atom is -0.334 e. The number of carbonyl (C=O) groups is 1. The topological polar surface area (TPSA) is 111 Å². The molecule has 0 saturated carbocycles. The molecule has 0 saturated heterocycles. The van der Waals surface area contributed by atoms with E-state index in [1.165, 1.54) is 48.5 Å². The van der Waals surface area contributed by atoms with Crippen LogP contribution in [0.3, 0.4) is 0 Å². The van der Waals surface area contributed by atoms with Gasteiger partial charge in [0.1, 0.15) is 0 Å². The monoisotopic (exact) mass is 584 g/mol. The van der Waals surface area contributed by atoms with Crippen molar-refractivity contribution in [1.29, 1.82) is 0 Å². The van der Waals surface area contributed by atoms with Crippen LogP contribution in [0.25, 0.3) is 0 Å². The summed E-state index contributed by atoms with van der Waals surface area (Å²) in [7, 11) is -7.96. The fourth-order valence-corrected chi connectivity index (χ4v) is 6.97. The quantitative estimate of drug-likeness (QED) is 0.174. The minimum atomic E-state index is -4.12. The van der Waals surface area contributed by atoms with Crippen LogP contribution < -0.4 is 10.0 Å². The van der Waals surface area contributed by atoms with Gasteiger partial charge in [0, 0.05) is 16.1 Å². The fraction of sp³-hybridized carbons (Fsp3) is 0.240. The molecular weight excluding hydrogens is 557 g/mol. The highest BCUT2D eigenvalue weighted by Crippen LogP contribution is 2.59. The number of rotatable bonds is 13. The van der Waals surface area contributed by atoms with Crippen LogP contribution in [0.1, 0.15) is 35.6 Å². The normalized spacial score (nSPS) is 12.8. The lowest BCUT2D eigenvalue weighted by atomic mass is 10.2. The lowest BCUT2D eigenvalue weighted by Gasteiger charge is -2.27. The van der Waals surface area contributed by atoms with E-state index in [-0.39, 0.29) is 34.3 Å². The Morgan fingerprint density at radius 3 is 2.16 bits per heavy atom. The third-order valence-corrected chi connectivity index (χ3v) is 9.45. The van der Waals surface area contributed by atoms with Crippen molar-refractivity contribution in [3.05, 3.63) is 90.0 Å². The van der Waals surface area contributed by atoms with Gasteiger partial charge in [0.2, 0.25) is 0 Å². The Bertz CT molecular complexity index is 1370. The molecule has 0 aromatic heterocycles. The van der Waals surface area contributed by atoms with Crippen LogP contribution in [0.2, 0.25) is 0 Å². The first-order chi connectivity index (χ1) is 18.1. The summed E-state index contributed by atoms with van der Waals surface area (Å²) in [6.45, 7) is 3.47. The van der Waals surface area contributed by atoms with Gasteiger partial charge < -0.3 is 14.4 Å². The van der Waals surface area contributed by atoms with E-state index < -0.39 is 35.1 Å². The van der Waals surface area contributed by atoms with Gasteiger partial charge in [-0.1, -0.05) is 48.2 Å². The summed E-state index contributed by atoms with van der Waals surface area (Å²) >= 11 is 0.345. The molecular formula is C25H27F2N2O6PS2. The summed E-state index contributed by atoms with van der Waals surface area (Å²) in [5.74, 6) is -4.42. The zero-order valence-electron chi connectivity index (χ0n) is 20.5. The number of carbonyl (C=O) groups excluding carboxylic acids is 1. The Kier molecular flexibility index (Phi) is 10.5. The number of alkyl halides is 2. The van der Waals surface area contributed by atoms with Crippen molar-refractivity contribution >= 4 is 41.0 Å². The summed E-state index contributed by atoms with van der Waals surface area (Å²) in [5.41, 5.74) is 0.652. The molecule has 0 unspecified atom stereocenters. The number of amides is 1. The summed E-state index contributed by atoms with van der Waals surface area (Å²) in [4.78, 5) is 13.3. The lowest BCUT2D eigenvalue weighted by Crippen LogP contribution is -2.30. The molecule has 38 heavy (non-hydrogen) atoms. The van der Waals surface area contributed by atoms with E-state index in [1.54, 1.807) is 44.2 Å². The Morgan fingerprint density at radius 2 is 1.58 bits per heavy atom. The van der Waals surface area contributed by atoms with Gasteiger partial charge in [-0.3, -0.25) is 14.1 Å². The van der Waals surface area contributed by atoms with Crippen molar-refractivity contribution in [3.63, 3.8) is 0 Å². The third-order valence-electron chi connectivity index (χ3n) is 5.06. The van der Waals surface area contributed by atoms with Crippen molar-refractivity contribution in [2.24, 2.45) is 0 Å². The van der Waals surface area contributed by atoms with Gasteiger partial charge in [0.15, 0.2) is 5.78 Å². The molecule has 3 aromatic carbocycles. The number of halogens is 2. The molecule has 0 radical (unpaired) electrons. The highest BCUT2D eigenvalue weighted by Gasteiger charge is 2.38. The first-order valence-electron chi connectivity index (χ1n) is 11.5. The Balaban J connectivity index is 1.85. The largest absolute Gasteiger partial charge is 0.357 e. The maximum absolute atomic E-state index is 13.6. The lowest BCUT2D eigenvalue weighted by molar-refractivity contribution is 0.0937. The van der Waals surface area contributed by atoms with Crippen molar-refractivity contribution in [2.45, 2.75) is 35.2 Å². The second-order valence-electron chi connectivity index (χ2n) is 7.70. The molecule has 2 N–H and O–H groups in total. The minimum absolute atomic E-state index is 0.00275. The summed E-state index contributed by atoms with van der Waals surface area (Å²) in [5, 5.41) is 2.68. The van der Waals surface area contributed by atoms with Crippen LogP contribution in [0.4, 0.5) is 14.5 Å². The van der Waals surface area contributed by atoms with E-state index in [9.17, 15) is 26.6 Å². The molecule has 13 heteroatoms. The smallest absolute Gasteiger partial charge is 0.334 e. The van der Waals surface area contributed by atoms with Gasteiger partial charge in [-0.15, -0.1) is 0 Å². The van der Waals surface area contributed by atoms with Crippen molar-refractivity contribution in [3.8, 4) is 0 Å². The molecule has 204 valence electrons. The molecule has 8 nitrogen and oxygen atoms in total. The zero-order valence-corrected chi connectivity index (χ0v) is 23.1. The molecule has 0 spiro atoms. The van der Waals surface area contributed by atoms with Crippen LogP contribution in [0.5, 0.6) is 0 Å². The molecule has 0 fully saturated rings. The fourth-order valence-electron chi connectivity index (χ4n) is 3.46. The molecule has 0 aliphatic carbocycles. The van der Waals surface area contributed by atoms with Crippen LogP contribution in [-0.4, -0.2) is 33.3 Å². The van der Waals surface area contributed by atoms with E-state index >= 15 is 0 Å². The number of nitrogens with one attached hydrogen (secondary N) is 2. The first kappa shape index (κ1) is 29.8. The van der Waals surface area contributed by atoms with Crippen LogP contribution in [0, 0.1) is 0 Å². The Labute approximate surface area is 224 Å². The molecule has 3 aromatic rings. The predicted molar refractivity (Wildman–Crippen MR) is 143 cm³/mol. The van der Waals surface area contributed by atoms with Gasteiger partial charge in [-0.25, -0.2) is 8.42 Å². The van der Waals surface area contributed by atoms with Crippen molar-refractivity contribution in [1.82, 2.24) is 5.32 Å². The predicted octanol–water partition coefficient (Wildman–Crippen LogP) is 6.50. The number of benzene rings is 3. The molecule has 0 aliphatic rings. The van der Waals surface area contributed by atoms with E-state index in [0.29, 0.717) is 17.3 Å². The van der Waals surface area contributed by atoms with Crippen LogP contribution >= 0.6 is 19.4 Å². The summed E-state index contributed by atoms with van der Waals surface area (Å²) < 4.78 is 77.9. The number of anilines is 1. The number of hydrogen-bond donors (Lipinski definition) is 2. The van der Waals surface area contributed by atoms with Gasteiger partial charge in [-0.2, -0.15) is 8.78 Å². The van der Waals surface area contributed by atoms with Gasteiger partial charge in [-0.05, 0) is 61.9 Å².